The van der Waals surface area contributed by atoms with Crippen LogP contribution in [0.25, 0.3) is 0 Å². The van der Waals surface area contributed by atoms with Crippen LogP contribution >= 0.6 is 0 Å². The van der Waals surface area contributed by atoms with Crippen LogP contribution in [-0.2, 0) is 27.3 Å². The van der Waals surface area contributed by atoms with E-state index in [4.69, 9.17) is 14.2 Å². The first-order chi connectivity index (χ1) is 13.4. The zero-order valence-corrected chi connectivity index (χ0v) is 16.2. The fraction of sp³-hybridized carbons (Fsp3) is 0.333. The lowest BCUT2D eigenvalue weighted by Crippen LogP contribution is -2.31. The van der Waals surface area contributed by atoms with Crippen molar-refractivity contribution >= 4 is 11.9 Å². The van der Waals surface area contributed by atoms with Gasteiger partial charge in [-0.2, -0.15) is 0 Å². The monoisotopic (exact) mass is 389 g/mol. The van der Waals surface area contributed by atoms with E-state index < -0.39 is 11.9 Å². The molecule has 0 aliphatic carbocycles. The number of amides is 1. The van der Waals surface area contributed by atoms with Crippen LogP contribution in [0.2, 0.25) is 0 Å². The van der Waals surface area contributed by atoms with E-state index in [1.807, 2.05) is 6.07 Å². The predicted octanol–water partition coefficient (Wildman–Crippen LogP) is 2.98. The number of benzene rings is 2. The predicted molar refractivity (Wildman–Crippen MR) is 102 cm³/mol. The summed E-state index contributed by atoms with van der Waals surface area (Å²) in [5.41, 5.74) is 1.29. The molecule has 0 atom stereocenters. The maximum absolute atomic E-state index is 13.7. The van der Waals surface area contributed by atoms with Crippen LogP contribution in [0.1, 0.15) is 17.5 Å². The topological polar surface area (TPSA) is 65.1 Å². The summed E-state index contributed by atoms with van der Waals surface area (Å²) in [6, 6.07) is 11.6. The lowest BCUT2D eigenvalue weighted by Gasteiger charge is -2.17. The summed E-state index contributed by atoms with van der Waals surface area (Å²) in [5, 5.41) is 0. The Hall–Kier alpha value is -3.09. The Balaban J connectivity index is 1.79. The normalized spacial score (nSPS) is 10.3. The van der Waals surface area contributed by atoms with Gasteiger partial charge in [-0.15, -0.1) is 0 Å². The highest BCUT2D eigenvalue weighted by atomic mass is 19.1. The molecule has 1 amide bonds. The van der Waals surface area contributed by atoms with Gasteiger partial charge in [0.15, 0.2) is 18.1 Å². The van der Waals surface area contributed by atoms with Gasteiger partial charge in [0.1, 0.15) is 5.82 Å². The van der Waals surface area contributed by atoms with E-state index in [1.165, 1.54) is 18.0 Å². The minimum atomic E-state index is -0.484. The number of ether oxygens (including phenoxy) is 3. The van der Waals surface area contributed by atoms with Gasteiger partial charge in [-0.25, -0.2) is 4.39 Å². The minimum absolute atomic E-state index is 0.106. The summed E-state index contributed by atoms with van der Waals surface area (Å²) in [4.78, 5) is 25.3. The second kappa shape index (κ2) is 10.3. The second-order valence-electron chi connectivity index (χ2n) is 6.19. The smallest absolute Gasteiger partial charge is 0.306 e. The van der Waals surface area contributed by atoms with E-state index in [9.17, 15) is 14.0 Å². The highest BCUT2D eigenvalue weighted by Gasteiger charge is 2.14. The van der Waals surface area contributed by atoms with Crippen LogP contribution in [0, 0.1) is 5.82 Å². The third kappa shape index (κ3) is 5.97. The summed E-state index contributed by atoms with van der Waals surface area (Å²) in [7, 11) is 4.63. The molecule has 150 valence electrons. The molecule has 2 aromatic rings. The van der Waals surface area contributed by atoms with Crippen molar-refractivity contribution in [3.63, 3.8) is 0 Å². The second-order valence-corrected chi connectivity index (χ2v) is 6.19. The molecule has 0 radical (unpaired) electrons. The molecule has 0 spiro atoms. The van der Waals surface area contributed by atoms with Gasteiger partial charge in [0.05, 0.1) is 14.2 Å². The first kappa shape index (κ1) is 21.2. The molecule has 2 rings (SSSR count). The summed E-state index contributed by atoms with van der Waals surface area (Å²) in [6.07, 6.45) is 0.568. The standard InChI is InChI=1S/C21H24FNO5/c1-23(13-16-6-4-5-7-17(16)22)20(24)14-28-21(25)11-9-15-8-10-18(26-2)19(12-15)27-3/h4-8,10,12H,9,11,13-14H2,1-3H3. The van der Waals surface area contributed by atoms with Crippen molar-refractivity contribution in [1.82, 2.24) is 4.90 Å². The van der Waals surface area contributed by atoms with Crippen molar-refractivity contribution in [3.8, 4) is 11.5 Å². The molecule has 0 aromatic heterocycles. The third-order valence-corrected chi connectivity index (χ3v) is 4.21. The number of carbonyl (C=O) groups is 2. The van der Waals surface area contributed by atoms with Gasteiger partial charge in [0, 0.05) is 25.6 Å². The van der Waals surface area contributed by atoms with Gasteiger partial charge in [0.25, 0.3) is 5.91 Å². The molecule has 0 saturated heterocycles. The number of esters is 1. The van der Waals surface area contributed by atoms with Crippen LogP contribution in [0.5, 0.6) is 11.5 Å². The number of rotatable bonds is 9. The molecule has 0 heterocycles. The van der Waals surface area contributed by atoms with Crippen LogP contribution in [0.4, 0.5) is 4.39 Å². The Labute approximate surface area is 163 Å². The fourth-order valence-electron chi connectivity index (χ4n) is 2.58. The number of carbonyl (C=O) groups excluding carboxylic acids is 2. The quantitative estimate of drug-likeness (QED) is 0.617. The van der Waals surface area contributed by atoms with E-state index in [-0.39, 0.29) is 25.4 Å². The summed E-state index contributed by atoms with van der Waals surface area (Å²) < 4.78 is 29.1. The van der Waals surface area contributed by atoms with Crippen LogP contribution in [0.15, 0.2) is 42.5 Å². The number of aryl methyl sites for hydroxylation is 1. The Bertz CT molecular complexity index is 824. The SMILES string of the molecule is COc1ccc(CCC(=O)OCC(=O)N(C)Cc2ccccc2F)cc1OC. The molecular formula is C21H24FNO5. The Morgan fingerprint density at radius 1 is 1.04 bits per heavy atom. The summed E-state index contributed by atoms with van der Waals surface area (Å²) >= 11 is 0. The van der Waals surface area contributed by atoms with Crippen molar-refractivity contribution in [3.05, 3.63) is 59.4 Å². The zero-order valence-electron chi connectivity index (χ0n) is 16.2. The number of likely N-dealkylation sites (N-methyl/N-ethyl adjacent to an activating group) is 1. The summed E-state index contributed by atoms with van der Waals surface area (Å²) in [5.74, 6) is -0.0742. The number of halogens is 1. The molecule has 6 nitrogen and oxygen atoms in total. The lowest BCUT2D eigenvalue weighted by molar-refractivity contribution is -0.151. The van der Waals surface area contributed by atoms with E-state index in [0.29, 0.717) is 23.5 Å². The number of nitrogens with zero attached hydrogens (tertiary/aromatic N) is 1. The Morgan fingerprint density at radius 2 is 1.75 bits per heavy atom. The van der Waals surface area contributed by atoms with Crippen molar-refractivity contribution in [2.45, 2.75) is 19.4 Å². The summed E-state index contributed by atoms with van der Waals surface area (Å²) in [6.45, 7) is -0.273. The van der Waals surface area contributed by atoms with Gasteiger partial charge >= 0.3 is 5.97 Å². The van der Waals surface area contributed by atoms with Crippen molar-refractivity contribution < 1.29 is 28.2 Å². The lowest BCUT2D eigenvalue weighted by atomic mass is 10.1. The van der Waals surface area contributed by atoms with Crippen LogP contribution in [0.3, 0.4) is 0 Å². The average Bonchev–Trinajstić information content (AvgIpc) is 2.71. The molecule has 0 unspecified atom stereocenters. The molecule has 28 heavy (non-hydrogen) atoms. The molecule has 0 N–H and O–H groups in total. The highest BCUT2D eigenvalue weighted by molar-refractivity contribution is 5.80. The molecule has 0 bridgehead atoms. The number of hydrogen-bond acceptors (Lipinski definition) is 5. The van der Waals surface area contributed by atoms with Gasteiger partial charge in [-0.3, -0.25) is 9.59 Å². The average molecular weight is 389 g/mol. The molecule has 0 aliphatic heterocycles. The van der Waals surface area contributed by atoms with E-state index in [2.05, 4.69) is 0 Å². The van der Waals surface area contributed by atoms with E-state index >= 15 is 0 Å². The Kier molecular flexibility index (Phi) is 7.80. The third-order valence-electron chi connectivity index (χ3n) is 4.21. The van der Waals surface area contributed by atoms with Gasteiger partial charge in [0.2, 0.25) is 0 Å². The van der Waals surface area contributed by atoms with Gasteiger partial charge in [-0.1, -0.05) is 24.3 Å². The van der Waals surface area contributed by atoms with Crippen molar-refractivity contribution in [2.24, 2.45) is 0 Å². The fourth-order valence-corrected chi connectivity index (χ4v) is 2.58. The van der Waals surface area contributed by atoms with Crippen molar-refractivity contribution in [1.29, 1.82) is 0 Å². The number of hydrogen-bond donors (Lipinski definition) is 0. The van der Waals surface area contributed by atoms with E-state index in [1.54, 1.807) is 44.6 Å². The Morgan fingerprint density at radius 3 is 2.43 bits per heavy atom. The van der Waals surface area contributed by atoms with Gasteiger partial charge < -0.3 is 19.1 Å². The van der Waals surface area contributed by atoms with Crippen LogP contribution < -0.4 is 9.47 Å². The maximum Gasteiger partial charge on any atom is 0.306 e. The first-order valence-corrected chi connectivity index (χ1v) is 8.78. The minimum Gasteiger partial charge on any atom is -0.493 e. The van der Waals surface area contributed by atoms with Crippen LogP contribution in [-0.4, -0.2) is 44.7 Å². The molecule has 7 heteroatoms. The molecule has 0 saturated carbocycles. The highest BCUT2D eigenvalue weighted by Crippen LogP contribution is 2.28. The maximum atomic E-state index is 13.7. The molecular weight excluding hydrogens is 365 g/mol. The van der Waals surface area contributed by atoms with Gasteiger partial charge in [-0.05, 0) is 30.2 Å². The van der Waals surface area contributed by atoms with E-state index in [0.717, 1.165) is 5.56 Å². The number of methoxy groups -OCH3 is 2. The molecule has 0 fully saturated rings. The molecule has 0 aliphatic rings. The van der Waals surface area contributed by atoms with Crippen molar-refractivity contribution in [2.75, 3.05) is 27.9 Å². The molecule has 2 aromatic carbocycles. The first-order valence-electron chi connectivity index (χ1n) is 8.78. The largest absolute Gasteiger partial charge is 0.493 e. The zero-order chi connectivity index (χ0) is 20.5.